The maximum Gasteiger partial charge on any atom is 0.338 e. The second kappa shape index (κ2) is 7.44. The number of hydrogen-bond acceptors (Lipinski definition) is 7. The van der Waals surface area contributed by atoms with Crippen molar-refractivity contribution in [2.24, 2.45) is 0 Å². The largest absolute Gasteiger partial charge is 0.465 e. The fraction of sp³-hybridized carbons (Fsp3) is 0.429. The SMILES string of the molecule is COC(=O)c1cc(C(O)C(O)CSC(C)=O)cc(N)c1C. The van der Waals surface area contributed by atoms with Crippen molar-refractivity contribution in [3.8, 4) is 0 Å². The molecule has 2 atom stereocenters. The van der Waals surface area contributed by atoms with Crippen molar-refractivity contribution < 1.29 is 24.5 Å². The first kappa shape index (κ1) is 17.5. The summed E-state index contributed by atoms with van der Waals surface area (Å²) in [5, 5.41) is 19.8. The molecule has 0 saturated heterocycles. The van der Waals surface area contributed by atoms with Gasteiger partial charge in [-0.1, -0.05) is 11.8 Å². The van der Waals surface area contributed by atoms with Crippen LogP contribution in [0.5, 0.6) is 0 Å². The third kappa shape index (κ3) is 4.45. The topological polar surface area (TPSA) is 110 Å². The summed E-state index contributed by atoms with van der Waals surface area (Å²) < 4.78 is 4.66. The highest BCUT2D eigenvalue weighted by Gasteiger charge is 2.22. The maximum absolute atomic E-state index is 11.7. The molecule has 7 heteroatoms. The molecule has 1 rings (SSSR count). The molecule has 21 heavy (non-hydrogen) atoms. The molecule has 0 saturated carbocycles. The predicted octanol–water partition coefficient (Wildman–Crippen LogP) is 1.04. The lowest BCUT2D eigenvalue weighted by Gasteiger charge is -2.19. The Kier molecular flexibility index (Phi) is 6.19. The lowest BCUT2D eigenvalue weighted by atomic mass is 9.98. The van der Waals surface area contributed by atoms with E-state index in [-0.39, 0.29) is 16.4 Å². The smallest absolute Gasteiger partial charge is 0.338 e. The van der Waals surface area contributed by atoms with Crippen LogP contribution in [0.1, 0.15) is 34.5 Å². The molecule has 0 aliphatic heterocycles. The normalized spacial score (nSPS) is 13.6. The van der Waals surface area contributed by atoms with Crippen LogP contribution in [0.2, 0.25) is 0 Å². The first-order valence-electron chi connectivity index (χ1n) is 6.25. The lowest BCUT2D eigenvalue weighted by molar-refractivity contribution is -0.109. The van der Waals surface area contributed by atoms with E-state index in [4.69, 9.17) is 5.73 Å². The molecule has 0 fully saturated rings. The summed E-state index contributed by atoms with van der Waals surface area (Å²) in [6, 6.07) is 2.93. The predicted molar refractivity (Wildman–Crippen MR) is 81.0 cm³/mol. The Bertz CT molecular complexity index is 546. The molecule has 0 radical (unpaired) electrons. The van der Waals surface area contributed by atoms with Gasteiger partial charge in [0.2, 0.25) is 0 Å². The van der Waals surface area contributed by atoms with E-state index in [0.717, 1.165) is 11.8 Å². The zero-order valence-electron chi connectivity index (χ0n) is 12.1. The van der Waals surface area contributed by atoms with E-state index in [0.29, 0.717) is 16.8 Å². The van der Waals surface area contributed by atoms with Crippen LogP contribution in [0.15, 0.2) is 12.1 Å². The number of carbonyl (C=O) groups excluding carboxylic acids is 2. The van der Waals surface area contributed by atoms with Gasteiger partial charge in [0.05, 0.1) is 18.8 Å². The Morgan fingerprint density at radius 3 is 2.52 bits per heavy atom. The number of nitrogen functional groups attached to an aromatic ring is 1. The fourth-order valence-corrected chi connectivity index (χ4v) is 2.36. The zero-order chi connectivity index (χ0) is 16.2. The summed E-state index contributed by atoms with van der Waals surface area (Å²) in [4.78, 5) is 22.6. The minimum absolute atomic E-state index is 0.0534. The van der Waals surface area contributed by atoms with Crippen LogP contribution >= 0.6 is 11.8 Å². The lowest BCUT2D eigenvalue weighted by Crippen LogP contribution is -2.22. The van der Waals surface area contributed by atoms with Crippen LogP contribution in [-0.2, 0) is 9.53 Å². The van der Waals surface area contributed by atoms with Gasteiger partial charge < -0.3 is 20.7 Å². The highest BCUT2D eigenvalue weighted by molar-refractivity contribution is 8.13. The Morgan fingerprint density at radius 2 is 2.00 bits per heavy atom. The first-order valence-corrected chi connectivity index (χ1v) is 7.24. The van der Waals surface area contributed by atoms with Crippen LogP contribution in [0.4, 0.5) is 5.69 Å². The Balaban J connectivity index is 3.04. The highest BCUT2D eigenvalue weighted by atomic mass is 32.2. The molecule has 0 heterocycles. The Hall–Kier alpha value is -1.57. The number of esters is 1. The standard InChI is InChI=1S/C14H19NO5S/c1-7-10(14(19)20-3)4-9(5-11(7)15)13(18)12(17)6-21-8(2)16/h4-5,12-13,17-18H,6,15H2,1-3H3. The van der Waals surface area contributed by atoms with Gasteiger partial charge in [0.15, 0.2) is 5.12 Å². The van der Waals surface area contributed by atoms with Gasteiger partial charge >= 0.3 is 5.97 Å². The van der Waals surface area contributed by atoms with E-state index in [1.54, 1.807) is 6.92 Å². The number of ether oxygens (including phenoxy) is 1. The summed E-state index contributed by atoms with van der Waals surface area (Å²) in [7, 11) is 1.25. The number of thioether (sulfide) groups is 1. The zero-order valence-corrected chi connectivity index (χ0v) is 12.9. The van der Waals surface area contributed by atoms with Crippen molar-refractivity contribution in [1.82, 2.24) is 0 Å². The van der Waals surface area contributed by atoms with E-state index >= 15 is 0 Å². The van der Waals surface area contributed by atoms with Gasteiger partial charge in [-0.25, -0.2) is 4.79 Å². The minimum Gasteiger partial charge on any atom is -0.465 e. The molecular weight excluding hydrogens is 294 g/mol. The molecule has 1 aromatic carbocycles. The van der Waals surface area contributed by atoms with Gasteiger partial charge in [-0.2, -0.15) is 0 Å². The van der Waals surface area contributed by atoms with Crippen molar-refractivity contribution in [2.45, 2.75) is 26.1 Å². The number of rotatable bonds is 5. The molecule has 0 amide bonds. The summed E-state index contributed by atoms with van der Waals surface area (Å²) in [5.74, 6) is -0.515. The Morgan fingerprint density at radius 1 is 1.38 bits per heavy atom. The summed E-state index contributed by atoms with van der Waals surface area (Å²) >= 11 is 0.913. The third-order valence-electron chi connectivity index (χ3n) is 3.04. The quantitative estimate of drug-likeness (QED) is 0.550. The summed E-state index contributed by atoms with van der Waals surface area (Å²) in [6.07, 6.45) is -2.39. The number of aliphatic hydroxyl groups excluding tert-OH is 2. The molecule has 0 aliphatic rings. The second-order valence-electron chi connectivity index (χ2n) is 4.59. The van der Waals surface area contributed by atoms with E-state index in [1.165, 1.54) is 26.2 Å². The average molecular weight is 313 g/mol. The molecule has 2 unspecified atom stereocenters. The van der Waals surface area contributed by atoms with Gasteiger partial charge in [0.1, 0.15) is 6.10 Å². The number of anilines is 1. The molecular formula is C14H19NO5S. The van der Waals surface area contributed by atoms with Crippen molar-refractivity contribution >= 4 is 28.5 Å². The number of carbonyl (C=O) groups is 2. The van der Waals surface area contributed by atoms with Gasteiger partial charge in [0.25, 0.3) is 0 Å². The molecule has 4 N–H and O–H groups in total. The maximum atomic E-state index is 11.7. The Labute approximate surface area is 127 Å². The van der Waals surface area contributed by atoms with Crippen LogP contribution in [0.25, 0.3) is 0 Å². The van der Waals surface area contributed by atoms with Crippen LogP contribution in [-0.4, -0.2) is 40.3 Å². The fourth-order valence-electron chi connectivity index (χ4n) is 1.77. The van der Waals surface area contributed by atoms with Gasteiger partial charge in [0, 0.05) is 18.4 Å². The van der Waals surface area contributed by atoms with Crippen molar-refractivity contribution in [1.29, 1.82) is 0 Å². The van der Waals surface area contributed by atoms with Gasteiger partial charge in [-0.05, 0) is 30.2 Å². The molecule has 6 nitrogen and oxygen atoms in total. The molecule has 0 aromatic heterocycles. The summed E-state index contributed by atoms with van der Waals surface area (Å²) in [5.41, 5.74) is 7.21. The average Bonchev–Trinajstić information content (AvgIpc) is 2.45. The molecule has 1 aromatic rings. The van der Waals surface area contributed by atoms with E-state index in [9.17, 15) is 19.8 Å². The van der Waals surface area contributed by atoms with E-state index < -0.39 is 18.2 Å². The molecule has 0 spiro atoms. The number of hydrogen-bond donors (Lipinski definition) is 3. The van der Waals surface area contributed by atoms with E-state index in [1.807, 2.05) is 0 Å². The third-order valence-corrected chi connectivity index (χ3v) is 3.95. The molecule has 0 aliphatic carbocycles. The van der Waals surface area contributed by atoms with Crippen LogP contribution in [0, 0.1) is 6.92 Å². The highest BCUT2D eigenvalue weighted by Crippen LogP contribution is 2.27. The van der Waals surface area contributed by atoms with Crippen molar-refractivity contribution in [2.75, 3.05) is 18.6 Å². The monoisotopic (exact) mass is 313 g/mol. The number of methoxy groups -OCH3 is 1. The van der Waals surface area contributed by atoms with E-state index in [2.05, 4.69) is 4.74 Å². The van der Waals surface area contributed by atoms with Crippen molar-refractivity contribution in [3.05, 3.63) is 28.8 Å². The minimum atomic E-state index is -1.25. The van der Waals surface area contributed by atoms with Gasteiger partial charge in [-0.15, -0.1) is 0 Å². The van der Waals surface area contributed by atoms with Crippen LogP contribution < -0.4 is 5.73 Å². The first-order chi connectivity index (χ1) is 9.77. The number of nitrogens with two attached hydrogens (primary N) is 1. The van der Waals surface area contributed by atoms with Crippen LogP contribution in [0.3, 0.4) is 0 Å². The molecule has 0 bridgehead atoms. The second-order valence-corrected chi connectivity index (χ2v) is 5.79. The van der Waals surface area contributed by atoms with Crippen molar-refractivity contribution in [3.63, 3.8) is 0 Å². The summed E-state index contributed by atoms with van der Waals surface area (Å²) in [6.45, 7) is 3.04. The van der Waals surface area contributed by atoms with Gasteiger partial charge in [-0.3, -0.25) is 4.79 Å². The number of benzene rings is 1. The number of aliphatic hydroxyl groups is 2. The molecule has 116 valence electrons.